The SMILES string of the molecule is O=C(NC(Cc1cnc[nH]1)C(=O)O)c1cccc(F)n1. The van der Waals surface area contributed by atoms with Crippen molar-refractivity contribution in [2.24, 2.45) is 0 Å². The minimum absolute atomic E-state index is 0.0381. The normalized spacial score (nSPS) is 11.8. The Balaban J connectivity index is 2.08. The van der Waals surface area contributed by atoms with Gasteiger partial charge in [-0.15, -0.1) is 0 Å². The number of amides is 1. The van der Waals surface area contributed by atoms with E-state index in [1.807, 2.05) is 0 Å². The van der Waals surface area contributed by atoms with Crippen molar-refractivity contribution in [1.82, 2.24) is 20.3 Å². The molecule has 0 aliphatic rings. The number of nitrogens with one attached hydrogen (secondary N) is 2. The van der Waals surface area contributed by atoms with Gasteiger partial charge in [-0.25, -0.2) is 14.8 Å². The molecular formula is C12H11FN4O3. The smallest absolute Gasteiger partial charge is 0.326 e. The molecule has 7 nitrogen and oxygen atoms in total. The van der Waals surface area contributed by atoms with Gasteiger partial charge in [0.1, 0.15) is 11.7 Å². The summed E-state index contributed by atoms with van der Waals surface area (Å²) in [6, 6.07) is 2.55. The van der Waals surface area contributed by atoms with E-state index in [-0.39, 0.29) is 12.1 Å². The number of hydrogen-bond acceptors (Lipinski definition) is 4. The maximum atomic E-state index is 12.9. The van der Waals surface area contributed by atoms with Gasteiger partial charge < -0.3 is 15.4 Å². The van der Waals surface area contributed by atoms with Crippen LogP contribution in [0.25, 0.3) is 0 Å². The average molecular weight is 278 g/mol. The second kappa shape index (κ2) is 5.91. The highest BCUT2D eigenvalue weighted by Crippen LogP contribution is 2.02. The van der Waals surface area contributed by atoms with Gasteiger partial charge in [0.25, 0.3) is 5.91 Å². The quantitative estimate of drug-likeness (QED) is 0.685. The molecule has 20 heavy (non-hydrogen) atoms. The van der Waals surface area contributed by atoms with E-state index in [1.165, 1.54) is 24.7 Å². The van der Waals surface area contributed by atoms with E-state index >= 15 is 0 Å². The number of H-pyrrole nitrogens is 1. The van der Waals surface area contributed by atoms with Crippen molar-refractivity contribution >= 4 is 11.9 Å². The summed E-state index contributed by atoms with van der Waals surface area (Å²) in [5, 5.41) is 11.4. The van der Waals surface area contributed by atoms with E-state index < -0.39 is 23.9 Å². The number of rotatable bonds is 5. The number of hydrogen-bond donors (Lipinski definition) is 3. The van der Waals surface area contributed by atoms with Gasteiger partial charge in [-0.1, -0.05) is 6.07 Å². The summed E-state index contributed by atoms with van der Waals surface area (Å²) < 4.78 is 12.9. The Labute approximate surface area is 112 Å². The molecule has 0 aliphatic heterocycles. The van der Waals surface area contributed by atoms with Gasteiger partial charge >= 0.3 is 5.97 Å². The average Bonchev–Trinajstić information content (AvgIpc) is 2.90. The molecule has 3 N–H and O–H groups in total. The lowest BCUT2D eigenvalue weighted by molar-refractivity contribution is -0.139. The summed E-state index contributed by atoms with van der Waals surface area (Å²) in [7, 11) is 0. The first-order chi connectivity index (χ1) is 9.56. The number of imidazole rings is 1. The monoisotopic (exact) mass is 278 g/mol. The number of halogens is 1. The van der Waals surface area contributed by atoms with E-state index in [2.05, 4.69) is 20.3 Å². The number of carboxylic acid groups (broad SMARTS) is 1. The third-order valence-corrected chi connectivity index (χ3v) is 2.53. The number of aliphatic carboxylic acids is 1. The highest BCUT2D eigenvalue weighted by atomic mass is 19.1. The van der Waals surface area contributed by atoms with Gasteiger partial charge in [0.05, 0.1) is 6.33 Å². The molecular weight excluding hydrogens is 267 g/mol. The van der Waals surface area contributed by atoms with E-state index in [9.17, 15) is 14.0 Å². The van der Waals surface area contributed by atoms with Crippen LogP contribution >= 0.6 is 0 Å². The second-order valence-electron chi connectivity index (χ2n) is 3.99. The maximum Gasteiger partial charge on any atom is 0.326 e. The Bertz CT molecular complexity index is 615. The molecule has 2 rings (SSSR count). The van der Waals surface area contributed by atoms with Crippen LogP contribution in [0.3, 0.4) is 0 Å². The molecule has 0 radical (unpaired) electrons. The fourth-order valence-corrected chi connectivity index (χ4v) is 1.58. The number of aromatic amines is 1. The van der Waals surface area contributed by atoms with Crippen molar-refractivity contribution in [3.63, 3.8) is 0 Å². The third kappa shape index (κ3) is 3.37. The first-order valence-electron chi connectivity index (χ1n) is 5.69. The minimum Gasteiger partial charge on any atom is -0.480 e. The van der Waals surface area contributed by atoms with Gasteiger partial charge in [0, 0.05) is 18.3 Å². The molecule has 104 valence electrons. The molecule has 8 heteroatoms. The van der Waals surface area contributed by atoms with Gasteiger partial charge in [0.15, 0.2) is 0 Å². The van der Waals surface area contributed by atoms with E-state index in [1.54, 1.807) is 0 Å². The summed E-state index contributed by atoms with van der Waals surface area (Å²) in [5.41, 5.74) is 0.380. The lowest BCUT2D eigenvalue weighted by Gasteiger charge is -2.13. The van der Waals surface area contributed by atoms with Crippen LogP contribution in [-0.2, 0) is 11.2 Å². The molecule has 0 saturated heterocycles. The molecule has 1 amide bonds. The van der Waals surface area contributed by atoms with Crippen molar-refractivity contribution in [3.8, 4) is 0 Å². The fraction of sp³-hybridized carbons (Fsp3) is 0.167. The number of carbonyl (C=O) groups is 2. The molecule has 0 aromatic carbocycles. The number of carbonyl (C=O) groups excluding carboxylic acids is 1. The minimum atomic E-state index is -1.20. The molecule has 2 aromatic rings. The molecule has 1 unspecified atom stereocenters. The Morgan fingerprint density at radius 2 is 2.25 bits per heavy atom. The van der Waals surface area contributed by atoms with Crippen molar-refractivity contribution < 1.29 is 19.1 Å². The zero-order valence-corrected chi connectivity index (χ0v) is 10.2. The van der Waals surface area contributed by atoms with Crippen LogP contribution in [0.4, 0.5) is 4.39 Å². The summed E-state index contributed by atoms with van der Waals surface area (Å²) in [6.45, 7) is 0. The summed E-state index contributed by atoms with van der Waals surface area (Å²) in [5.74, 6) is -2.76. The molecule has 0 saturated carbocycles. The maximum absolute atomic E-state index is 12.9. The Morgan fingerprint density at radius 3 is 2.85 bits per heavy atom. The first kappa shape index (κ1) is 13.7. The van der Waals surface area contributed by atoms with Crippen molar-refractivity contribution in [2.45, 2.75) is 12.5 Å². The third-order valence-electron chi connectivity index (χ3n) is 2.53. The van der Waals surface area contributed by atoms with Crippen LogP contribution in [0.1, 0.15) is 16.2 Å². The topological polar surface area (TPSA) is 108 Å². The molecule has 0 fully saturated rings. The van der Waals surface area contributed by atoms with Gasteiger partial charge in [-0.05, 0) is 12.1 Å². The van der Waals surface area contributed by atoms with Crippen molar-refractivity contribution in [3.05, 3.63) is 48.1 Å². The van der Waals surface area contributed by atoms with Crippen LogP contribution in [0.5, 0.6) is 0 Å². The number of nitrogens with zero attached hydrogens (tertiary/aromatic N) is 2. The van der Waals surface area contributed by atoms with E-state index in [0.29, 0.717) is 5.69 Å². The van der Waals surface area contributed by atoms with Crippen LogP contribution in [-0.4, -0.2) is 38.0 Å². The van der Waals surface area contributed by atoms with Crippen LogP contribution < -0.4 is 5.32 Å². The summed E-state index contributed by atoms with van der Waals surface area (Å²) >= 11 is 0. The first-order valence-corrected chi connectivity index (χ1v) is 5.69. The number of pyridine rings is 1. The van der Waals surface area contributed by atoms with Gasteiger partial charge in [-0.2, -0.15) is 4.39 Å². The Hall–Kier alpha value is -2.77. The molecule has 2 heterocycles. The van der Waals surface area contributed by atoms with Crippen molar-refractivity contribution in [2.75, 3.05) is 0 Å². The van der Waals surface area contributed by atoms with Gasteiger partial charge in [0.2, 0.25) is 5.95 Å². The highest BCUT2D eigenvalue weighted by molar-refractivity contribution is 5.94. The predicted molar refractivity (Wildman–Crippen MR) is 65.4 cm³/mol. The van der Waals surface area contributed by atoms with Crippen LogP contribution in [0, 0.1) is 5.95 Å². The van der Waals surface area contributed by atoms with E-state index in [0.717, 1.165) is 6.07 Å². The molecule has 0 bridgehead atoms. The van der Waals surface area contributed by atoms with Crippen molar-refractivity contribution in [1.29, 1.82) is 0 Å². The lowest BCUT2D eigenvalue weighted by Crippen LogP contribution is -2.42. The van der Waals surface area contributed by atoms with Crippen LogP contribution in [0.2, 0.25) is 0 Å². The Morgan fingerprint density at radius 1 is 1.45 bits per heavy atom. The van der Waals surface area contributed by atoms with Crippen LogP contribution in [0.15, 0.2) is 30.7 Å². The van der Waals surface area contributed by atoms with Gasteiger partial charge in [-0.3, -0.25) is 4.79 Å². The number of aromatic nitrogens is 3. The second-order valence-corrected chi connectivity index (χ2v) is 3.99. The summed E-state index contributed by atoms with van der Waals surface area (Å²) in [4.78, 5) is 32.8. The highest BCUT2D eigenvalue weighted by Gasteiger charge is 2.22. The van der Waals surface area contributed by atoms with E-state index in [4.69, 9.17) is 5.11 Å². The Kier molecular flexibility index (Phi) is 4.04. The summed E-state index contributed by atoms with van der Waals surface area (Å²) in [6.07, 6.45) is 2.91. The zero-order chi connectivity index (χ0) is 14.5. The zero-order valence-electron chi connectivity index (χ0n) is 10.2. The lowest BCUT2D eigenvalue weighted by atomic mass is 10.1. The standard InChI is InChI=1S/C12H11FN4O3/c13-10-3-1-2-8(16-10)11(18)17-9(12(19)20)4-7-5-14-6-15-7/h1-3,5-6,9H,4H2,(H,14,15)(H,17,18)(H,19,20). The molecule has 0 aliphatic carbocycles. The molecule has 2 aromatic heterocycles. The molecule has 0 spiro atoms. The largest absolute Gasteiger partial charge is 0.480 e. The fourth-order valence-electron chi connectivity index (χ4n) is 1.58. The number of carboxylic acids is 1. The predicted octanol–water partition coefficient (Wildman–Crippen LogP) is 0.369. The molecule has 1 atom stereocenters.